The number of nitrogens with two attached hydrogens (primary N) is 1. The van der Waals surface area contributed by atoms with Gasteiger partial charge in [-0.05, 0) is 49.4 Å². The summed E-state index contributed by atoms with van der Waals surface area (Å²) in [6.07, 6.45) is 0.419. The van der Waals surface area contributed by atoms with Crippen LogP contribution in [0.4, 0.5) is 35.0 Å². The molecule has 0 bridgehead atoms. The van der Waals surface area contributed by atoms with Gasteiger partial charge in [-0.15, -0.1) is 0 Å². The van der Waals surface area contributed by atoms with Crippen LogP contribution in [0.2, 0.25) is 0 Å². The van der Waals surface area contributed by atoms with Gasteiger partial charge in [0.25, 0.3) is 0 Å². The molecule has 12 nitrogen and oxygen atoms in total. The molecule has 0 radical (unpaired) electrons. The van der Waals surface area contributed by atoms with Gasteiger partial charge in [0.15, 0.2) is 0 Å². The Morgan fingerprint density at radius 3 is 2.26 bits per heavy atom. The number of ether oxygens (including phenoxy) is 1. The highest BCUT2D eigenvalue weighted by Crippen LogP contribution is 2.31. The minimum atomic E-state index is -1.51. The predicted molar refractivity (Wildman–Crippen MR) is 161 cm³/mol. The fraction of sp³-hybridized carbons (Fsp3) is 0.258. The largest absolute Gasteiger partial charge is 0.477 e. The Labute approximate surface area is 259 Å². The Bertz CT molecular complexity index is 1940. The minimum Gasteiger partial charge on any atom is -0.477 e. The highest BCUT2D eigenvalue weighted by molar-refractivity contribution is 5.94. The third-order valence-corrected chi connectivity index (χ3v) is 8.17. The summed E-state index contributed by atoms with van der Waals surface area (Å²) >= 11 is 0. The number of carbonyl (C=O) groups excluding carboxylic acids is 2. The number of aromatic carboxylic acids is 1. The number of hydrogen-bond donors (Lipinski definition) is 2. The van der Waals surface area contributed by atoms with Crippen molar-refractivity contribution in [2.45, 2.75) is 19.1 Å². The molecule has 2 atom stereocenters. The van der Waals surface area contributed by atoms with E-state index in [9.17, 15) is 28.7 Å². The van der Waals surface area contributed by atoms with Crippen molar-refractivity contribution in [3.8, 4) is 5.82 Å². The minimum absolute atomic E-state index is 0.00293. The smallest absolute Gasteiger partial charge is 0.414 e. The second kappa shape index (κ2) is 11.8. The number of piperazine rings is 1. The van der Waals surface area contributed by atoms with E-state index in [0.717, 1.165) is 24.5 Å². The van der Waals surface area contributed by atoms with Crippen LogP contribution in [0.3, 0.4) is 0 Å². The van der Waals surface area contributed by atoms with Crippen molar-refractivity contribution >= 4 is 45.8 Å². The first-order valence-corrected chi connectivity index (χ1v) is 14.2. The second-order valence-electron chi connectivity index (χ2n) is 11.0. The van der Waals surface area contributed by atoms with Crippen molar-refractivity contribution in [3.05, 3.63) is 88.1 Å². The number of halogens is 3. The highest BCUT2D eigenvalue weighted by atomic mass is 19.1. The molecular weight excluding hydrogens is 609 g/mol. The molecule has 3 N–H and O–H groups in total. The molecule has 0 saturated carbocycles. The van der Waals surface area contributed by atoms with Crippen LogP contribution in [-0.4, -0.2) is 77.4 Å². The van der Waals surface area contributed by atoms with Crippen molar-refractivity contribution < 1.29 is 37.4 Å². The summed E-state index contributed by atoms with van der Waals surface area (Å²) in [4.78, 5) is 57.4. The topological polar surface area (TPSA) is 151 Å². The number of aromatic nitrogens is 2. The molecular formula is C31H27F3N6O6. The van der Waals surface area contributed by atoms with Crippen molar-refractivity contribution in [1.82, 2.24) is 9.55 Å². The van der Waals surface area contributed by atoms with Crippen molar-refractivity contribution in [3.63, 3.8) is 0 Å². The molecule has 1 unspecified atom stereocenters. The van der Waals surface area contributed by atoms with Gasteiger partial charge >= 0.3 is 12.1 Å². The molecule has 2 aromatic heterocycles. The average Bonchev–Trinajstić information content (AvgIpc) is 3.42. The monoisotopic (exact) mass is 636 g/mol. The number of amides is 1. The summed E-state index contributed by atoms with van der Waals surface area (Å²) in [6.45, 7) is 2.40. The fourth-order valence-corrected chi connectivity index (χ4v) is 5.68. The van der Waals surface area contributed by atoms with Gasteiger partial charge in [-0.25, -0.2) is 27.7 Å². The number of Topliss-reactive ketones (excluding diaryl/α,β-unsaturated/α-hetero) is 1. The summed E-state index contributed by atoms with van der Waals surface area (Å²) in [5, 5.41) is 9.38. The van der Waals surface area contributed by atoms with Gasteiger partial charge in [0.2, 0.25) is 5.43 Å². The number of anilines is 3. The summed E-state index contributed by atoms with van der Waals surface area (Å²) in [5.41, 5.74) is 5.14. The average molecular weight is 637 g/mol. The van der Waals surface area contributed by atoms with Crippen LogP contribution in [0, 0.1) is 17.5 Å². The zero-order valence-electron chi connectivity index (χ0n) is 24.3. The van der Waals surface area contributed by atoms with Crippen LogP contribution in [0.1, 0.15) is 17.3 Å². The standard InChI is InChI=1S/C31H27F3N6O6/c1-16(41)28(35)26-15-39(31(45)46-26)18-3-4-23(21(33)10-18)37-6-8-38(9-7-37)25-12-24-19(11-22(25)34)29(42)20(30(43)44)14-40(24)27-5-2-17(32)13-36-27/h2-5,10-14,26,28H,6-9,15,35H2,1H3,(H,43,44)/t26-,28?/m0/s1. The number of nitrogens with zero attached hydrogens (tertiary/aromatic N) is 5. The molecule has 0 aliphatic carbocycles. The zero-order valence-corrected chi connectivity index (χ0v) is 24.3. The van der Waals surface area contributed by atoms with Crippen LogP contribution >= 0.6 is 0 Å². The first-order valence-electron chi connectivity index (χ1n) is 14.2. The lowest BCUT2D eigenvalue weighted by Gasteiger charge is -2.37. The molecule has 0 spiro atoms. The Morgan fingerprint density at radius 2 is 1.65 bits per heavy atom. The Hall–Kier alpha value is -5.44. The van der Waals surface area contributed by atoms with Gasteiger partial charge in [0, 0.05) is 32.4 Å². The number of ketones is 1. The van der Waals surface area contributed by atoms with Crippen molar-refractivity contribution in [2.24, 2.45) is 5.73 Å². The number of cyclic esters (lactones) is 1. The van der Waals surface area contributed by atoms with Crippen LogP contribution in [0.25, 0.3) is 16.7 Å². The van der Waals surface area contributed by atoms with E-state index in [2.05, 4.69) is 4.98 Å². The normalized spacial score (nSPS) is 17.4. The molecule has 1 amide bonds. The summed E-state index contributed by atoms with van der Waals surface area (Å²) in [7, 11) is 0. The molecule has 15 heteroatoms. The van der Waals surface area contributed by atoms with E-state index in [-0.39, 0.29) is 59.2 Å². The SMILES string of the molecule is CC(=O)C(N)[C@@H]1CN(c2ccc(N3CCN(c4cc5c(cc4F)c(=O)c(C(=O)O)cn5-c4ccc(F)cn4)CC3)c(F)c2)C(=O)O1. The Balaban J connectivity index is 1.24. The summed E-state index contributed by atoms with van der Waals surface area (Å²) in [5.74, 6) is -3.70. The zero-order chi connectivity index (χ0) is 32.9. The highest BCUT2D eigenvalue weighted by Gasteiger charge is 2.38. The van der Waals surface area contributed by atoms with E-state index in [1.807, 2.05) is 0 Å². The molecule has 2 aromatic carbocycles. The van der Waals surface area contributed by atoms with E-state index in [1.165, 1.54) is 40.7 Å². The van der Waals surface area contributed by atoms with Crippen molar-refractivity contribution in [2.75, 3.05) is 47.4 Å². The van der Waals surface area contributed by atoms with Gasteiger partial charge in [-0.1, -0.05) is 0 Å². The first-order chi connectivity index (χ1) is 21.9. The maximum Gasteiger partial charge on any atom is 0.414 e. The van der Waals surface area contributed by atoms with E-state index in [1.54, 1.807) is 15.9 Å². The number of carbonyl (C=O) groups is 3. The molecule has 4 heterocycles. The van der Waals surface area contributed by atoms with Gasteiger partial charge in [-0.3, -0.25) is 14.5 Å². The number of benzene rings is 2. The predicted octanol–water partition coefficient (Wildman–Crippen LogP) is 3.07. The van der Waals surface area contributed by atoms with E-state index in [0.29, 0.717) is 13.1 Å². The summed E-state index contributed by atoms with van der Waals surface area (Å²) < 4.78 is 50.9. The Kier molecular flexibility index (Phi) is 7.85. The summed E-state index contributed by atoms with van der Waals surface area (Å²) in [6, 6.07) is 8.10. The maximum atomic E-state index is 15.5. The van der Waals surface area contributed by atoms with Crippen LogP contribution in [0.5, 0.6) is 0 Å². The lowest BCUT2D eigenvalue weighted by atomic mass is 10.1. The molecule has 46 heavy (non-hydrogen) atoms. The lowest BCUT2D eigenvalue weighted by molar-refractivity contribution is -0.120. The third kappa shape index (κ3) is 5.49. The van der Waals surface area contributed by atoms with Gasteiger partial charge < -0.3 is 29.9 Å². The van der Waals surface area contributed by atoms with Crippen molar-refractivity contribution in [1.29, 1.82) is 0 Å². The number of carboxylic acids is 1. The van der Waals surface area contributed by atoms with Crippen LogP contribution in [-0.2, 0) is 9.53 Å². The third-order valence-electron chi connectivity index (χ3n) is 8.17. The molecule has 2 aliphatic rings. The number of carboxylic acid groups (broad SMARTS) is 1. The van der Waals surface area contributed by atoms with E-state index >= 15 is 8.78 Å². The van der Waals surface area contributed by atoms with Crippen LogP contribution in [0.15, 0.2) is 59.7 Å². The fourth-order valence-electron chi connectivity index (χ4n) is 5.68. The quantitative estimate of drug-likeness (QED) is 0.310. The van der Waals surface area contributed by atoms with Crippen LogP contribution < -0.4 is 25.9 Å². The second-order valence-corrected chi connectivity index (χ2v) is 11.0. The molecule has 2 aliphatic heterocycles. The maximum absolute atomic E-state index is 15.5. The molecule has 2 saturated heterocycles. The molecule has 4 aromatic rings. The van der Waals surface area contributed by atoms with E-state index in [4.69, 9.17) is 10.5 Å². The number of fused-ring (bicyclic) bond motifs is 1. The molecule has 238 valence electrons. The first kappa shape index (κ1) is 30.6. The Morgan fingerprint density at radius 1 is 0.978 bits per heavy atom. The van der Waals surface area contributed by atoms with Gasteiger partial charge in [-0.2, -0.15) is 0 Å². The van der Waals surface area contributed by atoms with Gasteiger partial charge in [0.1, 0.15) is 46.8 Å². The van der Waals surface area contributed by atoms with Gasteiger partial charge in [0.05, 0.1) is 40.7 Å². The van der Waals surface area contributed by atoms with E-state index < -0.39 is 52.7 Å². The number of rotatable bonds is 7. The molecule has 6 rings (SSSR count). The number of pyridine rings is 2. The lowest BCUT2D eigenvalue weighted by Crippen LogP contribution is -2.47. The molecule has 2 fully saturated rings. The number of hydrogen-bond acceptors (Lipinski definition) is 9.